The number of carbonyl (C=O) groups is 1. The van der Waals surface area contributed by atoms with Gasteiger partial charge in [-0.05, 0) is 43.5 Å². The van der Waals surface area contributed by atoms with Crippen LogP contribution in [-0.4, -0.2) is 24.7 Å². The fourth-order valence-corrected chi connectivity index (χ4v) is 3.12. The molecule has 4 nitrogen and oxygen atoms in total. The first-order chi connectivity index (χ1) is 12.1. The molecule has 0 aromatic heterocycles. The lowest BCUT2D eigenvalue weighted by Gasteiger charge is -2.31. The van der Waals surface area contributed by atoms with E-state index < -0.39 is 6.10 Å². The molecule has 3 atom stereocenters. The quantitative estimate of drug-likeness (QED) is 0.872. The number of carbonyl (C=O) groups excluding carboxylic acids is 1. The average molecular weight is 360 g/mol. The Morgan fingerprint density at radius 1 is 1.24 bits per heavy atom. The summed E-state index contributed by atoms with van der Waals surface area (Å²) in [4.78, 5) is 12.4. The molecule has 2 aromatic carbocycles. The second-order valence-corrected chi connectivity index (χ2v) is 6.65. The summed E-state index contributed by atoms with van der Waals surface area (Å²) in [5.41, 5.74) is 1.14. The van der Waals surface area contributed by atoms with E-state index in [-0.39, 0.29) is 18.1 Å². The van der Waals surface area contributed by atoms with Gasteiger partial charge in [-0.3, -0.25) is 4.79 Å². The van der Waals surface area contributed by atoms with Gasteiger partial charge in [0, 0.05) is 17.7 Å². The van der Waals surface area contributed by atoms with E-state index >= 15 is 0 Å². The van der Waals surface area contributed by atoms with Crippen molar-refractivity contribution in [3.8, 4) is 5.75 Å². The Balaban J connectivity index is 1.55. The molecule has 25 heavy (non-hydrogen) atoms. The maximum absolute atomic E-state index is 12.4. The van der Waals surface area contributed by atoms with E-state index in [1.54, 1.807) is 31.2 Å². The SMILES string of the molecule is CC(Oc1cccc(Cl)c1)C(=O)NC1CCOC(c2ccccc2)C1. The molecule has 5 heteroatoms. The Kier molecular flexibility index (Phi) is 5.95. The number of hydrogen-bond acceptors (Lipinski definition) is 3. The highest BCUT2D eigenvalue weighted by molar-refractivity contribution is 6.30. The first-order valence-corrected chi connectivity index (χ1v) is 8.89. The van der Waals surface area contributed by atoms with Crippen LogP contribution in [0.2, 0.25) is 5.02 Å². The Morgan fingerprint density at radius 3 is 2.80 bits per heavy atom. The molecule has 0 spiro atoms. The minimum atomic E-state index is -0.587. The molecule has 1 heterocycles. The van der Waals surface area contributed by atoms with Crippen molar-refractivity contribution in [2.75, 3.05) is 6.61 Å². The topological polar surface area (TPSA) is 47.6 Å². The van der Waals surface area contributed by atoms with Gasteiger partial charge < -0.3 is 14.8 Å². The maximum atomic E-state index is 12.4. The van der Waals surface area contributed by atoms with Gasteiger partial charge in [0.2, 0.25) is 0 Å². The third-order valence-electron chi connectivity index (χ3n) is 4.28. The number of benzene rings is 2. The van der Waals surface area contributed by atoms with Gasteiger partial charge in [-0.2, -0.15) is 0 Å². The van der Waals surface area contributed by atoms with E-state index in [0.717, 1.165) is 18.4 Å². The summed E-state index contributed by atoms with van der Waals surface area (Å²) in [6.07, 6.45) is 0.999. The summed E-state index contributed by atoms with van der Waals surface area (Å²) < 4.78 is 11.5. The molecule has 1 fully saturated rings. The Hall–Kier alpha value is -2.04. The monoisotopic (exact) mass is 359 g/mol. The third-order valence-corrected chi connectivity index (χ3v) is 4.51. The molecule has 3 unspecified atom stereocenters. The number of rotatable bonds is 5. The molecule has 132 valence electrons. The van der Waals surface area contributed by atoms with Crippen molar-refractivity contribution >= 4 is 17.5 Å². The lowest BCUT2D eigenvalue weighted by atomic mass is 9.97. The Labute approximate surface area is 153 Å². The Morgan fingerprint density at radius 2 is 2.04 bits per heavy atom. The van der Waals surface area contributed by atoms with Gasteiger partial charge in [0.25, 0.3) is 5.91 Å². The molecule has 0 saturated carbocycles. The van der Waals surface area contributed by atoms with Crippen molar-refractivity contribution in [2.24, 2.45) is 0 Å². The summed E-state index contributed by atoms with van der Waals surface area (Å²) >= 11 is 5.94. The zero-order valence-electron chi connectivity index (χ0n) is 14.2. The van der Waals surface area contributed by atoms with Crippen molar-refractivity contribution in [3.63, 3.8) is 0 Å². The second-order valence-electron chi connectivity index (χ2n) is 6.22. The summed E-state index contributed by atoms with van der Waals surface area (Å²) in [6.45, 7) is 2.37. The van der Waals surface area contributed by atoms with Crippen LogP contribution >= 0.6 is 11.6 Å². The second kappa shape index (κ2) is 8.37. The summed E-state index contributed by atoms with van der Waals surface area (Å²) in [5.74, 6) is 0.461. The van der Waals surface area contributed by atoms with Crippen LogP contribution in [0, 0.1) is 0 Å². The third kappa shape index (κ3) is 4.97. The molecule has 2 aromatic rings. The number of halogens is 1. The average Bonchev–Trinajstić information content (AvgIpc) is 2.62. The summed E-state index contributed by atoms with van der Waals surface area (Å²) in [5, 5.41) is 3.66. The molecular weight excluding hydrogens is 338 g/mol. The minimum Gasteiger partial charge on any atom is -0.481 e. The predicted molar refractivity (Wildman–Crippen MR) is 97.8 cm³/mol. The molecule has 0 aliphatic carbocycles. The molecule has 3 rings (SSSR count). The van der Waals surface area contributed by atoms with Crippen LogP contribution in [0.5, 0.6) is 5.75 Å². The van der Waals surface area contributed by atoms with E-state index in [0.29, 0.717) is 17.4 Å². The van der Waals surface area contributed by atoms with Crippen molar-refractivity contribution in [2.45, 2.75) is 38.0 Å². The van der Waals surface area contributed by atoms with E-state index in [1.165, 1.54) is 0 Å². The van der Waals surface area contributed by atoms with Crippen molar-refractivity contribution < 1.29 is 14.3 Å². The van der Waals surface area contributed by atoms with Crippen LogP contribution in [0.1, 0.15) is 31.4 Å². The number of hydrogen-bond donors (Lipinski definition) is 1. The highest BCUT2D eigenvalue weighted by Crippen LogP contribution is 2.28. The van der Waals surface area contributed by atoms with Crippen LogP contribution in [0.25, 0.3) is 0 Å². The van der Waals surface area contributed by atoms with E-state index in [2.05, 4.69) is 17.4 Å². The van der Waals surface area contributed by atoms with Gasteiger partial charge in [-0.15, -0.1) is 0 Å². The normalized spacial score (nSPS) is 21.4. The van der Waals surface area contributed by atoms with Crippen LogP contribution in [0.4, 0.5) is 0 Å². The first-order valence-electron chi connectivity index (χ1n) is 8.51. The fraction of sp³-hybridized carbons (Fsp3) is 0.350. The molecule has 1 saturated heterocycles. The molecule has 0 bridgehead atoms. The van der Waals surface area contributed by atoms with Crippen LogP contribution in [0.15, 0.2) is 54.6 Å². The number of nitrogens with one attached hydrogen (secondary N) is 1. The largest absolute Gasteiger partial charge is 0.481 e. The fourth-order valence-electron chi connectivity index (χ4n) is 2.94. The standard InChI is InChI=1S/C20H22ClNO3/c1-14(25-18-9-5-8-16(21)12-18)20(23)22-17-10-11-24-19(13-17)15-6-3-2-4-7-15/h2-9,12,14,17,19H,10-11,13H2,1H3,(H,22,23). The minimum absolute atomic E-state index is 0.0180. The zero-order valence-corrected chi connectivity index (χ0v) is 14.9. The van der Waals surface area contributed by atoms with E-state index in [9.17, 15) is 4.79 Å². The molecule has 1 amide bonds. The lowest BCUT2D eigenvalue weighted by molar-refractivity contribution is -0.129. The predicted octanol–water partition coefficient (Wildman–Crippen LogP) is 4.14. The van der Waals surface area contributed by atoms with Gasteiger partial charge in [0.1, 0.15) is 5.75 Å². The maximum Gasteiger partial charge on any atom is 0.260 e. The summed E-state index contributed by atoms with van der Waals surface area (Å²) in [6, 6.07) is 17.2. The molecule has 1 N–H and O–H groups in total. The molecule has 0 radical (unpaired) electrons. The molecule has 1 aliphatic heterocycles. The van der Waals surface area contributed by atoms with Gasteiger partial charge in [-0.1, -0.05) is 48.0 Å². The van der Waals surface area contributed by atoms with E-state index in [1.807, 2.05) is 18.2 Å². The van der Waals surface area contributed by atoms with Gasteiger partial charge in [-0.25, -0.2) is 0 Å². The molecular formula is C20H22ClNO3. The van der Waals surface area contributed by atoms with Gasteiger partial charge in [0.15, 0.2) is 6.10 Å². The lowest BCUT2D eigenvalue weighted by Crippen LogP contribution is -2.45. The first kappa shape index (κ1) is 17.8. The number of amides is 1. The Bertz CT molecular complexity index is 707. The summed E-state index contributed by atoms with van der Waals surface area (Å²) in [7, 11) is 0. The van der Waals surface area contributed by atoms with Gasteiger partial charge >= 0.3 is 0 Å². The highest BCUT2D eigenvalue weighted by atomic mass is 35.5. The van der Waals surface area contributed by atoms with Crippen molar-refractivity contribution in [3.05, 3.63) is 65.2 Å². The highest BCUT2D eigenvalue weighted by Gasteiger charge is 2.26. The zero-order chi connectivity index (χ0) is 17.6. The smallest absolute Gasteiger partial charge is 0.260 e. The number of ether oxygens (including phenoxy) is 2. The molecule has 1 aliphatic rings. The van der Waals surface area contributed by atoms with Gasteiger partial charge in [0.05, 0.1) is 6.10 Å². The van der Waals surface area contributed by atoms with Crippen molar-refractivity contribution in [1.29, 1.82) is 0 Å². The van der Waals surface area contributed by atoms with Crippen molar-refractivity contribution in [1.82, 2.24) is 5.32 Å². The van der Waals surface area contributed by atoms with Crippen LogP contribution < -0.4 is 10.1 Å². The van der Waals surface area contributed by atoms with Crippen LogP contribution in [0.3, 0.4) is 0 Å². The van der Waals surface area contributed by atoms with Crippen LogP contribution in [-0.2, 0) is 9.53 Å². The van der Waals surface area contributed by atoms with E-state index in [4.69, 9.17) is 21.1 Å².